The fourth-order valence-corrected chi connectivity index (χ4v) is 2.12. The van der Waals surface area contributed by atoms with Crippen molar-refractivity contribution in [2.45, 2.75) is 19.9 Å². The first kappa shape index (κ1) is 15.4. The van der Waals surface area contributed by atoms with Crippen molar-refractivity contribution in [2.24, 2.45) is 0 Å². The zero-order valence-corrected chi connectivity index (χ0v) is 12.9. The molecule has 0 aliphatic heterocycles. The van der Waals surface area contributed by atoms with Crippen molar-refractivity contribution >= 4 is 17.5 Å². The molecule has 21 heavy (non-hydrogen) atoms. The maximum absolute atomic E-state index is 11.9. The minimum atomic E-state index is -0.178. The average molecular weight is 304 g/mol. The molecule has 3 nitrogen and oxygen atoms in total. The monoisotopic (exact) mass is 303 g/mol. The van der Waals surface area contributed by atoms with E-state index in [1.807, 2.05) is 50.2 Å². The minimum absolute atomic E-state index is 0.0556. The Morgan fingerprint density at radius 3 is 2.52 bits per heavy atom. The highest BCUT2D eigenvalue weighted by molar-refractivity contribution is 6.32. The van der Waals surface area contributed by atoms with Crippen LogP contribution in [0.2, 0.25) is 5.02 Å². The van der Waals surface area contributed by atoms with Gasteiger partial charge in [0.25, 0.3) is 5.91 Å². The second-order valence-electron chi connectivity index (χ2n) is 4.92. The summed E-state index contributed by atoms with van der Waals surface area (Å²) in [6.45, 7) is 3.92. The molecule has 0 bridgehead atoms. The largest absolute Gasteiger partial charge is 0.482 e. The van der Waals surface area contributed by atoms with Crippen LogP contribution in [0.1, 0.15) is 24.1 Å². The molecule has 0 fully saturated rings. The Bertz CT molecular complexity index is 610. The van der Waals surface area contributed by atoms with E-state index in [1.54, 1.807) is 12.1 Å². The van der Waals surface area contributed by atoms with Crippen molar-refractivity contribution in [3.05, 3.63) is 64.7 Å². The van der Waals surface area contributed by atoms with Crippen LogP contribution in [0.5, 0.6) is 5.75 Å². The number of nitrogens with one attached hydrogen (secondary N) is 1. The van der Waals surface area contributed by atoms with E-state index in [2.05, 4.69) is 5.32 Å². The highest BCUT2D eigenvalue weighted by Gasteiger charge is 2.10. The quantitative estimate of drug-likeness (QED) is 0.909. The summed E-state index contributed by atoms with van der Waals surface area (Å²) in [5, 5.41) is 3.40. The number of para-hydroxylation sites is 1. The highest BCUT2D eigenvalue weighted by Crippen LogP contribution is 2.22. The lowest BCUT2D eigenvalue weighted by atomic mass is 10.1. The fraction of sp³-hybridized carbons (Fsp3) is 0.235. The van der Waals surface area contributed by atoms with Crippen LogP contribution in [0.15, 0.2) is 48.5 Å². The average Bonchev–Trinajstić information content (AvgIpc) is 2.47. The van der Waals surface area contributed by atoms with Gasteiger partial charge in [-0.1, -0.05) is 53.6 Å². The number of aryl methyl sites for hydroxylation is 1. The summed E-state index contributed by atoms with van der Waals surface area (Å²) in [4.78, 5) is 11.9. The molecule has 2 rings (SSSR count). The van der Waals surface area contributed by atoms with Gasteiger partial charge in [-0.05, 0) is 31.5 Å². The van der Waals surface area contributed by atoms with E-state index >= 15 is 0 Å². The number of amides is 1. The Hall–Kier alpha value is -2.00. The number of ether oxygens (including phenoxy) is 1. The van der Waals surface area contributed by atoms with Gasteiger partial charge in [-0.2, -0.15) is 0 Å². The second-order valence-corrected chi connectivity index (χ2v) is 5.33. The molecule has 0 radical (unpaired) electrons. The number of hydrogen-bond acceptors (Lipinski definition) is 2. The molecule has 0 aromatic heterocycles. The van der Waals surface area contributed by atoms with Crippen LogP contribution in [0, 0.1) is 6.92 Å². The summed E-state index contributed by atoms with van der Waals surface area (Å²) < 4.78 is 5.41. The van der Waals surface area contributed by atoms with E-state index in [9.17, 15) is 4.79 Å². The molecule has 1 amide bonds. The van der Waals surface area contributed by atoms with Crippen molar-refractivity contribution in [1.82, 2.24) is 5.32 Å². The Morgan fingerprint density at radius 2 is 1.86 bits per heavy atom. The van der Waals surface area contributed by atoms with E-state index in [1.165, 1.54) is 5.56 Å². The predicted molar refractivity (Wildman–Crippen MR) is 84.7 cm³/mol. The third-order valence-electron chi connectivity index (χ3n) is 3.15. The number of rotatable bonds is 5. The number of halogens is 1. The molecule has 1 unspecified atom stereocenters. The normalized spacial score (nSPS) is 11.8. The number of carbonyl (C=O) groups is 1. The van der Waals surface area contributed by atoms with E-state index in [0.29, 0.717) is 10.8 Å². The molecule has 0 spiro atoms. The van der Waals surface area contributed by atoms with E-state index in [4.69, 9.17) is 16.3 Å². The summed E-state index contributed by atoms with van der Waals surface area (Å²) >= 11 is 5.97. The third kappa shape index (κ3) is 4.50. The van der Waals surface area contributed by atoms with Gasteiger partial charge in [-0.15, -0.1) is 0 Å². The smallest absolute Gasteiger partial charge is 0.258 e. The van der Waals surface area contributed by atoms with Crippen molar-refractivity contribution in [1.29, 1.82) is 0 Å². The maximum Gasteiger partial charge on any atom is 0.258 e. The van der Waals surface area contributed by atoms with Crippen LogP contribution in [0.4, 0.5) is 0 Å². The van der Waals surface area contributed by atoms with E-state index < -0.39 is 0 Å². The summed E-state index contributed by atoms with van der Waals surface area (Å²) in [5.74, 6) is 0.334. The topological polar surface area (TPSA) is 38.3 Å². The lowest BCUT2D eigenvalue weighted by Crippen LogP contribution is -2.31. The first-order valence-corrected chi connectivity index (χ1v) is 7.17. The van der Waals surface area contributed by atoms with Gasteiger partial charge in [0.2, 0.25) is 0 Å². The van der Waals surface area contributed by atoms with Crippen LogP contribution in [-0.4, -0.2) is 12.5 Å². The lowest BCUT2D eigenvalue weighted by molar-refractivity contribution is -0.123. The molecule has 2 aromatic rings. The van der Waals surface area contributed by atoms with E-state index in [-0.39, 0.29) is 18.6 Å². The van der Waals surface area contributed by atoms with Crippen LogP contribution >= 0.6 is 11.6 Å². The lowest BCUT2D eigenvalue weighted by Gasteiger charge is -2.15. The number of benzene rings is 2. The first-order valence-electron chi connectivity index (χ1n) is 6.79. The van der Waals surface area contributed by atoms with Crippen LogP contribution < -0.4 is 10.1 Å². The Balaban J connectivity index is 1.87. The molecule has 0 aliphatic rings. The number of carbonyl (C=O) groups excluding carboxylic acids is 1. The second kappa shape index (κ2) is 7.14. The van der Waals surface area contributed by atoms with Gasteiger partial charge >= 0.3 is 0 Å². The summed E-state index contributed by atoms with van der Waals surface area (Å²) in [6, 6.07) is 15.1. The molecule has 0 aliphatic carbocycles. The molecular weight excluding hydrogens is 286 g/mol. The highest BCUT2D eigenvalue weighted by atomic mass is 35.5. The van der Waals surface area contributed by atoms with Crippen molar-refractivity contribution in [2.75, 3.05) is 6.61 Å². The zero-order chi connectivity index (χ0) is 15.2. The van der Waals surface area contributed by atoms with Crippen molar-refractivity contribution in [3.8, 4) is 5.75 Å². The Labute approximate surface area is 129 Å². The molecule has 0 heterocycles. The van der Waals surface area contributed by atoms with Crippen LogP contribution in [0.3, 0.4) is 0 Å². The minimum Gasteiger partial charge on any atom is -0.482 e. The van der Waals surface area contributed by atoms with Gasteiger partial charge < -0.3 is 10.1 Å². The summed E-state index contributed by atoms with van der Waals surface area (Å²) in [5.41, 5.74) is 2.26. The Kier molecular flexibility index (Phi) is 5.23. The van der Waals surface area contributed by atoms with Gasteiger partial charge in [-0.25, -0.2) is 0 Å². The third-order valence-corrected chi connectivity index (χ3v) is 3.46. The standard InChI is InChI=1S/C17H18ClNO2/c1-12-7-9-14(10-8-12)13(2)19-17(20)11-21-16-6-4-3-5-15(16)18/h3-10,13H,11H2,1-2H3,(H,19,20). The van der Waals surface area contributed by atoms with Crippen molar-refractivity contribution < 1.29 is 9.53 Å². The number of hydrogen-bond donors (Lipinski definition) is 1. The van der Waals surface area contributed by atoms with E-state index in [0.717, 1.165) is 5.56 Å². The van der Waals surface area contributed by atoms with Gasteiger partial charge in [0, 0.05) is 0 Å². The molecule has 2 aromatic carbocycles. The van der Waals surface area contributed by atoms with Gasteiger partial charge in [0.15, 0.2) is 6.61 Å². The van der Waals surface area contributed by atoms with Crippen molar-refractivity contribution in [3.63, 3.8) is 0 Å². The SMILES string of the molecule is Cc1ccc(C(C)NC(=O)COc2ccccc2Cl)cc1. The predicted octanol–water partition coefficient (Wildman–Crippen LogP) is 3.90. The molecular formula is C17H18ClNO2. The molecule has 110 valence electrons. The fourth-order valence-electron chi connectivity index (χ4n) is 1.93. The van der Waals surface area contributed by atoms with Gasteiger partial charge in [0.1, 0.15) is 5.75 Å². The van der Waals surface area contributed by atoms with Gasteiger partial charge in [-0.3, -0.25) is 4.79 Å². The van der Waals surface area contributed by atoms with Gasteiger partial charge in [0.05, 0.1) is 11.1 Å². The van der Waals surface area contributed by atoms with Crippen LogP contribution in [0.25, 0.3) is 0 Å². The molecule has 0 saturated heterocycles. The molecule has 1 atom stereocenters. The molecule has 1 N–H and O–H groups in total. The zero-order valence-electron chi connectivity index (χ0n) is 12.1. The molecule has 4 heteroatoms. The first-order chi connectivity index (χ1) is 10.1. The Morgan fingerprint density at radius 1 is 1.19 bits per heavy atom. The summed E-state index contributed by atoms with van der Waals surface area (Å²) in [7, 11) is 0. The molecule has 0 saturated carbocycles. The maximum atomic E-state index is 11.9. The van der Waals surface area contributed by atoms with Crippen LogP contribution in [-0.2, 0) is 4.79 Å². The summed E-state index contributed by atoms with van der Waals surface area (Å²) in [6.07, 6.45) is 0.